The number of hydrogen-bond acceptors (Lipinski definition) is 12. The zero-order chi connectivity index (χ0) is 48.3. The van der Waals surface area contributed by atoms with Gasteiger partial charge in [0.1, 0.15) is 29.0 Å². The molecule has 4 aromatic carbocycles. The molecule has 7 atom stereocenters. The summed E-state index contributed by atoms with van der Waals surface area (Å²) in [6.07, 6.45) is 10.6. The number of rotatable bonds is 21. The Hall–Kier alpha value is -5.93. The molecule has 1 saturated heterocycles. The lowest BCUT2D eigenvalue weighted by atomic mass is 9.55. The van der Waals surface area contributed by atoms with E-state index in [4.69, 9.17) is 38.4 Å². The monoisotopic (exact) mass is 945 g/mol. The normalized spacial score (nSPS) is 24.2. The minimum atomic E-state index is -1.46. The first-order valence-corrected chi connectivity index (χ1v) is 24.6. The number of allylic oxidation sites excluding steroid dienone is 1. The molecule has 3 N–H and O–H groups in total. The number of nitrogens with zero attached hydrogens (tertiary/aromatic N) is 2. The van der Waals surface area contributed by atoms with Crippen molar-refractivity contribution in [3.05, 3.63) is 114 Å². The minimum Gasteiger partial charge on any atom is -0.497 e. The molecule has 2 aliphatic carbocycles. The number of carbonyl (C=O) groups excluding carboxylic acids is 2. The number of benzene rings is 4. The molecule has 4 aliphatic rings. The molecule has 1 saturated carbocycles. The molecule has 0 aromatic heterocycles. The Bertz CT molecular complexity index is 2490. The Balaban J connectivity index is 1.29. The Kier molecular flexibility index (Phi) is 16.6. The Morgan fingerprint density at radius 1 is 0.928 bits per heavy atom. The van der Waals surface area contributed by atoms with Crippen molar-refractivity contribution in [2.75, 3.05) is 52.5 Å². The molecular weight excluding hydrogens is 879 g/mol. The fraction of sp³-hybridized carbons (Fsp3) is 0.473. The molecule has 8 rings (SSSR count). The molecule has 69 heavy (non-hydrogen) atoms. The Morgan fingerprint density at radius 3 is 2.46 bits per heavy atom. The van der Waals surface area contributed by atoms with Gasteiger partial charge in [-0.25, -0.2) is 4.79 Å². The fourth-order valence-corrected chi connectivity index (χ4v) is 10.9. The predicted molar refractivity (Wildman–Crippen MR) is 264 cm³/mol. The van der Waals surface area contributed by atoms with Gasteiger partial charge in [-0.2, -0.15) is 0 Å². The summed E-state index contributed by atoms with van der Waals surface area (Å²) in [4.78, 5) is 37.3. The first-order valence-electron chi connectivity index (χ1n) is 24.6. The largest absolute Gasteiger partial charge is 0.497 e. The van der Waals surface area contributed by atoms with Crippen LogP contribution in [0.25, 0.3) is 10.8 Å². The first-order chi connectivity index (χ1) is 33.7. The van der Waals surface area contributed by atoms with Crippen molar-refractivity contribution >= 4 is 34.2 Å². The highest BCUT2D eigenvalue weighted by Crippen LogP contribution is 2.62. The van der Waals surface area contributed by atoms with E-state index in [-0.39, 0.29) is 49.9 Å². The molecule has 0 spiro atoms. The SMILES string of the molecule is C=CCOC12Oc3ccc(OC(=O)Nc4ccc(OC)cc4OC)cc3C3C(CCCCO)C(CCCCO)C=C(C(=NOC4CCCCO4)CC1N(CCC)C(=O)c1ccc4ccccc4c1)C32. The van der Waals surface area contributed by atoms with Gasteiger partial charge in [0.25, 0.3) is 5.91 Å². The third kappa shape index (κ3) is 10.8. The number of oxime groups is 1. The quantitative estimate of drug-likeness (QED) is 0.0413. The van der Waals surface area contributed by atoms with E-state index in [1.54, 1.807) is 37.5 Å². The summed E-state index contributed by atoms with van der Waals surface area (Å²) in [5.41, 5.74) is 3.35. The molecule has 0 radical (unpaired) electrons. The van der Waals surface area contributed by atoms with E-state index in [1.165, 1.54) is 7.11 Å². The van der Waals surface area contributed by atoms with Crippen molar-refractivity contribution in [1.29, 1.82) is 0 Å². The minimum absolute atomic E-state index is 0.00335. The van der Waals surface area contributed by atoms with Crippen molar-refractivity contribution in [1.82, 2.24) is 4.90 Å². The predicted octanol–water partition coefficient (Wildman–Crippen LogP) is 10.2. The van der Waals surface area contributed by atoms with Gasteiger partial charge in [0.05, 0.1) is 44.8 Å². The van der Waals surface area contributed by atoms with Crippen LogP contribution < -0.4 is 24.3 Å². The Morgan fingerprint density at radius 2 is 1.72 bits per heavy atom. The van der Waals surface area contributed by atoms with Crippen LogP contribution >= 0.6 is 0 Å². The second-order valence-corrected chi connectivity index (χ2v) is 18.3. The first kappa shape index (κ1) is 49.5. The van der Waals surface area contributed by atoms with E-state index in [2.05, 4.69) is 24.9 Å². The van der Waals surface area contributed by atoms with E-state index in [0.29, 0.717) is 78.8 Å². The zero-order valence-electron chi connectivity index (χ0n) is 40.1. The summed E-state index contributed by atoms with van der Waals surface area (Å²) in [7, 11) is 3.07. The zero-order valence-corrected chi connectivity index (χ0v) is 40.1. The van der Waals surface area contributed by atoms with E-state index < -0.39 is 30.1 Å². The molecule has 368 valence electrons. The summed E-state index contributed by atoms with van der Waals surface area (Å²) in [6, 6.07) is 23.6. The van der Waals surface area contributed by atoms with Crippen LogP contribution in [0.5, 0.6) is 23.0 Å². The lowest BCUT2D eigenvalue weighted by Crippen LogP contribution is -2.70. The number of aliphatic hydroxyl groups is 2. The molecule has 14 nitrogen and oxygen atoms in total. The molecule has 0 bridgehead atoms. The van der Waals surface area contributed by atoms with Gasteiger partial charge in [-0.15, -0.1) is 6.58 Å². The average molecular weight is 946 g/mol. The second-order valence-electron chi connectivity index (χ2n) is 18.3. The number of unbranched alkanes of at least 4 members (excludes halogenated alkanes) is 2. The highest BCUT2D eigenvalue weighted by atomic mass is 16.8. The number of methoxy groups -OCH3 is 2. The van der Waals surface area contributed by atoms with Gasteiger partial charge in [0.15, 0.2) is 0 Å². The maximum atomic E-state index is 15.3. The van der Waals surface area contributed by atoms with Gasteiger partial charge in [0.2, 0.25) is 12.1 Å². The van der Waals surface area contributed by atoms with Crippen LogP contribution in [-0.4, -0.2) is 98.1 Å². The van der Waals surface area contributed by atoms with Crippen molar-refractivity contribution in [2.24, 2.45) is 22.9 Å². The van der Waals surface area contributed by atoms with E-state index in [0.717, 1.165) is 60.4 Å². The summed E-state index contributed by atoms with van der Waals surface area (Å²) in [5, 5.41) is 29.9. The van der Waals surface area contributed by atoms with E-state index in [1.807, 2.05) is 59.5 Å². The highest BCUT2D eigenvalue weighted by molar-refractivity contribution is 6.04. The highest BCUT2D eigenvalue weighted by Gasteiger charge is 2.65. The number of hydrogen-bond donors (Lipinski definition) is 3. The Labute approximate surface area is 405 Å². The molecule has 2 aliphatic heterocycles. The molecular formula is C55H67N3O11. The van der Waals surface area contributed by atoms with Gasteiger partial charge in [-0.3, -0.25) is 10.1 Å². The van der Waals surface area contributed by atoms with Crippen molar-refractivity contribution in [2.45, 2.75) is 102 Å². The van der Waals surface area contributed by atoms with Gasteiger partial charge in [-0.05, 0) is 116 Å². The van der Waals surface area contributed by atoms with E-state index in [9.17, 15) is 15.0 Å². The molecule has 4 aromatic rings. The number of aliphatic hydroxyl groups excluding tert-OH is 2. The number of fused-ring (bicyclic) bond motifs is 3. The number of amides is 2. The summed E-state index contributed by atoms with van der Waals surface area (Å²) >= 11 is 0. The van der Waals surface area contributed by atoms with Crippen molar-refractivity contribution < 1.29 is 53.1 Å². The maximum Gasteiger partial charge on any atom is 0.417 e. The molecule has 2 amide bonds. The average Bonchev–Trinajstić information content (AvgIpc) is 3.38. The molecule has 2 heterocycles. The van der Waals surface area contributed by atoms with Gasteiger partial charge in [0, 0.05) is 55.7 Å². The van der Waals surface area contributed by atoms with Gasteiger partial charge >= 0.3 is 6.09 Å². The third-order valence-corrected chi connectivity index (χ3v) is 14.0. The van der Waals surface area contributed by atoms with Crippen LogP contribution in [0.3, 0.4) is 0 Å². The summed E-state index contributed by atoms with van der Waals surface area (Å²) in [6.45, 7) is 7.36. The lowest BCUT2D eigenvalue weighted by molar-refractivity contribution is -0.254. The summed E-state index contributed by atoms with van der Waals surface area (Å²) < 4.78 is 37.6. The van der Waals surface area contributed by atoms with Crippen LogP contribution in [0.2, 0.25) is 0 Å². The van der Waals surface area contributed by atoms with Crippen molar-refractivity contribution in [3.8, 4) is 23.0 Å². The lowest BCUT2D eigenvalue weighted by Gasteiger charge is -2.60. The second kappa shape index (κ2) is 23.1. The van der Waals surface area contributed by atoms with Gasteiger partial charge < -0.3 is 48.4 Å². The van der Waals surface area contributed by atoms with E-state index >= 15 is 4.79 Å². The number of nitrogens with one attached hydrogen (secondary N) is 1. The van der Waals surface area contributed by atoms with Gasteiger partial charge in [-0.1, -0.05) is 67.4 Å². The van der Waals surface area contributed by atoms with Crippen LogP contribution in [0.15, 0.2) is 108 Å². The standard InChI is InChI=1S/C55H67N3O11/c1-5-26-58(53(61)39-21-20-36-15-7-8-16-37(36)31-39)49-35-46(57-69-50-19-11-14-30-65-50)43-32-38(17-9-12-27-59)42(18-10-13-28-60)51-44-33-41(23-25-47(44)68-55(49,52(43)51)66-29-6-2)67-54(62)56-45-24-22-40(63-3)34-48(45)64-4/h6-8,15-16,20-25,31-34,38,42,49-52,59-60H,2,5,9-14,17-19,26-30,35H2,1,3-4H3,(H,56,62). The maximum absolute atomic E-state index is 15.3. The molecule has 7 unspecified atom stereocenters. The summed E-state index contributed by atoms with van der Waals surface area (Å²) in [5.74, 6) is -0.736. The molecule has 2 fully saturated rings. The van der Waals surface area contributed by atoms with Crippen molar-refractivity contribution in [3.63, 3.8) is 0 Å². The number of anilines is 1. The topological polar surface area (TPSA) is 167 Å². The molecule has 14 heteroatoms. The third-order valence-electron chi connectivity index (χ3n) is 14.0. The fourth-order valence-electron chi connectivity index (χ4n) is 10.9. The van der Waals surface area contributed by atoms with Crippen LogP contribution in [-0.2, 0) is 14.3 Å². The van der Waals surface area contributed by atoms with Crippen LogP contribution in [0.4, 0.5) is 10.5 Å². The van der Waals surface area contributed by atoms with Crippen LogP contribution in [0, 0.1) is 17.8 Å². The number of ether oxygens (including phenoxy) is 6. The van der Waals surface area contributed by atoms with Crippen LogP contribution in [0.1, 0.15) is 99.4 Å². The smallest absolute Gasteiger partial charge is 0.417 e. The number of carbonyl (C=O) groups is 2.